The number of hydrogen-bond acceptors (Lipinski definition) is 2. The fraction of sp³-hybridized carbons (Fsp3) is 0.636. The normalized spacial score (nSPS) is 36.9. The third-order valence-corrected chi connectivity index (χ3v) is 4.07. The average Bonchev–Trinajstić information content (AvgIpc) is 2.40. The third kappa shape index (κ3) is 1.02. The van der Waals surface area contributed by atoms with Gasteiger partial charge in [-0.15, -0.1) is 0 Å². The summed E-state index contributed by atoms with van der Waals surface area (Å²) in [6.45, 7) is 0. The van der Waals surface area contributed by atoms with E-state index in [0.29, 0.717) is 0 Å². The molecule has 1 N–H and O–H groups in total. The Bertz CT molecular complexity index is 416. The molecule has 4 nitrogen and oxygen atoms in total. The van der Waals surface area contributed by atoms with E-state index in [1.807, 2.05) is 17.8 Å². The zero-order chi connectivity index (χ0) is 10.7. The number of nitrogens with zero attached hydrogens (tertiary/aromatic N) is 2. The van der Waals surface area contributed by atoms with Crippen molar-refractivity contribution in [1.82, 2.24) is 9.78 Å². The molecule has 3 aliphatic rings. The zero-order valence-electron chi connectivity index (χ0n) is 8.73. The topological polar surface area (TPSA) is 55.1 Å². The van der Waals surface area contributed by atoms with Crippen LogP contribution in [0.25, 0.3) is 0 Å². The van der Waals surface area contributed by atoms with Crippen LogP contribution >= 0.6 is 0 Å². The van der Waals surface area contributed by atoms with Crippen molar-refractivity contribution in [1.29, 1.82) is 0 Å². The van der Waals surface area contributed by atoms with Crippen LogP contribution in [0.4, 0.5) is 0 Å². The standard InChI is InChI=1S/C11H14N2O2/c1-13-8(2-3-12-13)4-10-5-11(6-10,7-10)9(14)15/h2-3H,4-7H2,1H3,(H,14,15). The van der Waals surface area contributed by atoms with Crippen LogP contribution in [0.15, 0.2) is 12.3 Å². The largest absolute Gasteiger partial charge is 0.481 e. The highest BCUT2D eigenvalue weighted by molar-refractivity contribution is 5.79. The molecular formula is C11H14N2O2. The first-order chi connectivity index (χ1) is 7.05. The SMILES string of the molecule is Cn1nccc1CC12CC(C(=O)O)(C1)C2. The molecule has 0 unspecified atom stereocenters. The fourth-order valence-corrected chi connectivity index (χ4v) is 3.37. The molecule has 0 saturated heterocycles. The van der Waals surface area contributed by atoms with E-state index in [1.165, 1.54) is 5.69 Å². The Balaban J connectivity index is 1.70. The minimum atomic E-state index is -0.602. The molecule has 80 valence electrons. The Hall–Kier alpha value is -1.32. The molecule has 0 amide bonds. The van der Waals surface area contributed by atoms with Crippen molar-refractivity contribution in [3.05, 3.63) is 18.0 Å². The van der Waals surface area contributed by atoms with Gasteiger partial charge < -0.3 is 5.11 Å². The maximum atomic E-state index is 10.9. The van der Waals surface area contributed by atoms with Crippen molar-refractivity contribution in [2.45, 2.75) is 25.7 Å². The van der Waals surface area contributed by atoms with Crippen molar-refractivity contribution in [2.24, 2.45) is 17.9 Å². The molecule has 1 heterocycles. The molecule has 0 aromatic carbocycles. The highest BCUT2D eigenvalue weighted by Crippen LogP contribution is 2.74. The Kier molecular flexibility index (Phi) is 1.45. The summed E-state index contributed by atoms with van der Waals surface area (Å²) in [5, 5.41) is 13.1. The molecule has 0 atom stereocenters. The van der Waals surface area contributed by atoms with Gasteiger partial charge in [-0.25, -0.2) is 0 Å². The van der Waals surface area contributed by atoms with Gasteiger partial charge in [0.1, 0.15) is 0 Å². The van der Waals surface area contributed by atoms with Gasteiger partial charge >= 0.3 is 5.97 Å². The summed E-state index contributed by atoms with van der Waals surface area (Å²) >= 11 is 0. The van der Waals surface area contributed by atoms with Crippen LogP contribution in [0.1, 0.15) is 25.0 Å². The molecule has 15 heavy (non-hydrogen) atoms. The first kappa shape index (κ1) is 8.95. The Labute approximate surface area is 87.9 Å². The lowest BCUT2D eigenvalue weighted by Crippen LogP contribution is -2.66. The van der Waals surface area contributed by atoms with E-state index in [2.05, 4.69) is 5.10 Å². The van der Waals surface area contributed by atoms with Gasteiger partial charge in [-0.1, -0.05) is 0 Å². The predicted octanol–water partition coefficient (Wildman–Crippen LogP) is 1.22. The third-order valence-electron chi connectivity index (χ3n) is 4.07. The van der Waals surface area contributed by atoms with E-state index >= 15 is 0 Å². The van der Waals surface area contributed by atoms with Crippen molar-refractivity contribution in [3.63, 3.8) is 0 Å². The summed E-state index contributed by atoms with van der Waals surface area (Å²) in [4.78, 5) is 10.9. The summed E-state index contributed by atoms with van der Waals surface area (Å²) in [5.41, 5.74) is 1.15. The predicted molar refractivity (Wildman–Crippen MR) is 53.3 cm³/mol. The summed E-state index contributed by atoms with van der Waals surface area (Å²) in [6.07, 6.45) is 5.37. The number of hydrogen-bond donors (Lipinski definition) is 1. The molecule has 3 fully saturated rings. The number of aromatic nitrogens is 2. The molecule has 3 saturated carbocycles. The van der Waals surface area contributed by atoms with E-state index in [-0.39, 0.29) is 10.8 Å². The number of rotatable bonds is 3. The van der Waals surface area contributed by atoms with Crippen molar-refractivity contribution < 1.29 is 9.90 Å². The lowest BCUT2D eigenvalue weighted by Gasteiger charge is -2.68. The van der Waals surface area contributed by atoms with Crippen molar-refractivity contribution >= 4 is 5.97 Å². The second kappa shape index (κ2) is 2.43. The van der Waals surface area contributed by atoms with Gasteiger partial charge in [0.25, 0.3) is 0 Å². The second-order valence-corrected chi connectivity index (χ2v) is 5.24. The minimum absolute atomic E-state index is 0.284. The van der Waals surface area contributed by atoms with Crippen molar-refractivity contribution in [2.75, 3.05) is 0 Å². The molecule has 2 bridgehead atoms. The number of aliphatic carboxylic acids is 1. The van der Waals surface area contributed by atoms with Crippen LogP contribution < -0.4 is 0 Å². The molecule has 0 aliphatic heterocycles. The van der Waals surface area contributed by atoms with Gasteiger partial charge in [0.05, 0.1) is 5.41 Å². The van der Waals surface area contributed by atoms with E-state index < -0.39 is 5.97 Å². The van der Waals surface area contributed by atoms with E-state index in [9.17, 15) is 4.79 Å². The molecule has 4 rings (SSSR count). The molecular weight excluding hydrogens is 192 g/mol. The maximum Gasteiger partial charge on any atom is 0.309 e. The summed E-state index contributed by atoms with van der Waals surface area (Å²) < 4.78 is 1.88. The number of aryl methyl sites for hydroxylation is 1. The number of carbonyl (C=O) groups is 1. The molecule has 3 aliphatic carbocycles. The van der Waals surface area contributed by atoms with Crippen LogP contribution in [0.5, 0.6) is 0 Å². The van der Waals surface area contributed by atoms with Gasteiger partial charge in [-0.05, 0) is 37.2 Å². The summed E-state index contributed by atoms with van der Waals surface area (Å²) in [5.74, 6) is -0.602. The van der Waals surface area contributed by atoms with Crippen LogP contribution in [-0.2, 0) is 18.3 Å². The van der Waals surface area contributed by atoms with Gasteiger partial charge in [0.15, 0.2) is 0 Å². The second-order valence-electron chi connectivity index (χ2n) is 5.24. The Morgan fingerprint density at radius 1 is 1.60 bits per heavy atom. The Morgan fingerprint density at radius 2 is 2.27 bits per heavy atom. The first-order valence-corrected chi connectivity index (χ1v) is 5.26. The highest BCUT2D eigenvalue weighted by Gasteiger charge is 2.71. The lowest BCUT2D eigenvalue weighted by molar-refractivity contribution is -0.222. The lowest BCUT2D eigenvalue weighted by atomic mass is 9.34. The molecule has 0 spiro atoms. The molecule has 1 aromatic heterocycles. The van der Waals surface area contributed by atoms with Crippen LogP contribution in [0, 0.1) is 10.8 Å². The number of carboxylic acids is 1. The highest BCUT2D eigenvalue weighted by atomic mass is 16.4. The molecule has 1 aromatic rings. The van der Waals surface area contributed by atoms with E-state index in [4.69, 9.17) is 5.11 Å². The minimum Gasteiger partial charge on any atom is -0.481 e. The fourth-order valence-electron chi connectivity index (χ4n) is 3.37. The summed E-state index contributed by atoms with van der Waals surface area (Å²) in [6, 6.07) is 2.02. The van der Waals surface area contributed by atoms with Crippen LogP contribution in [-0.4, -0.2) is 20.9 Å². The van der Waals surface area contributed by atoms with Gasteiger partial charge in [-0.3, -0.25) is 9.48 Å². The van der Waals surface area contributed by atoms with E-state index in [1.54, 1.807) is 6.20 Å². The average molecular weight is 206 g/mol. The molecule has 0 radical (unpaired) electrons. The van der Waals surface area contributed by atoms with Gasteiger partial charge in [0.2, 0.25) is 0 Å². The van der Waals surface area contributed by atoms with Gasteiger partial charge in [-0.2, -0.15) is 5.10 Å². The quantitative estimate of drug-likeness (QED) is 0.809. The van der Waals surface area contributed by atoms with E-state index in [0.717, 1.165) is 25.7 Å². The summed E-state index contributed by atoms with van der Waals surface area (Å²) in [7, 11) is 1.94. The van der Waals surface area contributed by atoms with Crippen molar-refractivity contribution in [3.8, 4) is 0 Å². The van der Waals surface area contributed by atoms with Crippen LogP contribution in [0.3, 0.4) is 0 Å². The Morgan fingerprint density at radius 3 is 2.73 bits per heavy atom. The number of carboxylic acid groups (broad SMARTS) is 1. The smallest absolute Gasteiger partial charge is 0.309 e. The first-order valence-electron chi connectivity index (χ1n) is 5.26. The monoisotopic (exact) mass is 206 g/mol. The molecule has 4 heteroatoms. The van der Waals surface area contributed by atoms with Crippen LogP contribution in [0.2, 0.25) is 0 Å². The van der Waals surface area contributed by atoms with Gasteiger partial charge in [0, 0.05) is 18.9 Å². The maximum absolute atomic E-state index is 10.9. The zero-order valence-corrected chi connectivity index (χ0v) is 8.73.